The summed E-state index contributed by atoms with van der Waals surface area (Å²) in [7, 11) is 3.28. The average Bonchev–Trinajstić information content (AvgIpc) is 2.21. The molecule has 0 saturated heterocycles. The van der Waals surface area contributed by atoms with Gasteiger partial charge in [0.05, 0.1) is 6.54 Å². The van der Waals surface area contributed by atoms with Gasteiger partial charge >= 0.3 is 0 Å². The summed E-state index contributed by atoms with van der Waals surface area (Å²) < 4.78 is 24.0. The number of amides is 1. The van der Waals surface area contributed by atoms with E-state index in [0.29, 0.717) is 19.6 Å². The van der Waals surface area contributed by atoms with Crippen molar-refractivity contribution < 1.29 is 13.6 Å². The molecule has 0 heterocycles. The third-order valence-electron chi connectivity index (χ3n) is 2.28. The number of nitrogens with two attached hydrogens (primary N) is 1. The third-order valence-corrected chi connectivity index (χ3v) is 2.28. The largest absolute Gasteiger partial charge is 0.346 e. The van der Waals surface area contributed by atoms with Crippen LogP contribution in [0.5, 0.6) is 0 Å². The van der Waals surface area contributed by atoms with Crippen LogP contribution < -0.4 is 5.73 Å². The summed E-state index contributed by atoms with van der Waals surface area (Å²) in [6.45, 7) is 1.23. The first-order valence-electron chi connectivity index (χ1n) is 5.38. The highest BCUT2D eigenvalue weighted by Gasteiger charge is 2.11. The molecule has 0 saturated carbocycles. The van der Waals surface area contributed by atoms with Crippen LogP contribution in [0.25, 0.3) is 0 Å². The van der Waals surface area contributed by atoms with Crippen molar-refractivity contribution in [2.75, 3.05) is 40.3 Å². The fraction of sp³-hybridized carbons (Fsp3) is 0.900. The molecule has 0 aromatic carbocycles. The molecule has 0 fully saturated rings. The zero-order valence-electron chi connectivity index (χ0n) is 9.96. The minimum Gasteiger partial charge on any atom is -0.346 e. The highest BCUT2D eigenvalue weighted by Crippen LogP contribution is 1.99. The van der Waals surface area contributed by atoms with Crippen LogP contribution in [0.1, 0.15) is 12.8 Å². The molecule has 96 valence electrons. The topological polar surface area (TPSA) is 49.6 Å². The Morgan fingerprint density at radius 1 is 1.31 bits per heavy atom. The smallest absolute Gasteiger partial charge is 0.251 e. The first-order chi connectivity index (χ1) is 7.47. The fourth-order valence-electron chi connectivity index (χ4n) is 1.26. The molecule has 0 aliphatic rings. The Labute approximate surface area is 95.4 Å². The van der Waals surface area contributed by atoms with Gasteiger partial charge in [-0.05, 0) is 20.0 Å². The number of halogens is 2. The Bertz CT molecular complexity index is 203. The molecule has 2 N–H and O–H groups in total. The van der Waals surface area contributed by atoms with E-state index in [1.807, 2.05) is 0 Å². The van der Waals surface area contributed by atoms with E-state index in [-0.39, 0.29) is 18.9 Å². The summed E-state index contributed by atoms with van der Waals surface area (Å²) in [4.78, 5) is 14.6. The maximum atomic E-state index is 12.0. The van der Waals surface area contributed by atoms with Gasteiger partial charge in [0.15, 0.2) is 0 Å². The van der Waals surface area contributed by atoms with E-state index in [2.05, 4.69) is 0 Å². The molecule has 6 heteroatoms. The maximum absolute atomic E-state index is 12.0. The van der Waals surface area contributed by atoms with Crippen molar-refractivity contribution in [2.45, 2.75) is 19.3 Å². The van der Waals surface area contributed by atoms with Crippen LogP contribution >= 0.6 is 0 Å². The van der Waals surface area contributed by atoms with Crippen LogP contribution in [0.4, 0.5) is 8.78 Å². The average molecular weight is 237 g/mol. The Hall–Kier alpha value is -0.750. The molecule has 0 atom stereocenters. The molecule has 16 heavy (non-hydrogen) atoms. The van der Waals surface area contributed by atoms with E-state index in [0.717, 1.165) is 6.42 Å². The predicted octanol–water partition coefficient (Wildman–Crippen LogP) is 0.381. The Morgan fingerprint density at radius 2 is 1.94 bits per heavy atom. The monoisotopic (exact) mass is 237 g/mol. The number of rotatable bonds is 8. The van der Waals surface area contributed by atoms with Gasteiger partial charge in [0, 0.05) is 26.6 Å². The van der Waals surface area contributed by atoms with E-state index in [4.69, 9.17) is 5.73 Å². The van der Waals surface area contributed by atoms with Gasteiger partial charge in [-0.3, -0.25) is 4.79 Å². The van der Waals surface area contributed by atoms with Crippen LogP contribution in [-0.2, 0) is 4.79 Å². The van der Waals surface area contributed by atoms with Gasteiger partial charge in [-0.25, -0.2) is 8.78 Å². The van der Waals surface area contributed by atoms with Gasteiger partial charge in [0.1, 0.15) is 0 Å². The lowest BCUT2D eigenvalue weighted by atomic mass is 10.3. The summed E-state index contributed by atoms with van der Waals surface area (Å²) in [5.41, 5.74) is 5.32. The lowest BCUT2D eigenvalue weighted by Crippen LogP contribution is -2.33. The second-order valence-electron chi connectivity index (χ2n) is 3.86. The van der Waals surface area contributed by atoms with Gasteiger partial charge in [0.25, 0.3) is 6.43 Å². The Morgan fingerprint density at radius 3 is 2.44 bits per heavy atom. The first-order valence-corrected chi connectivity index (χ1v) is 5.38. The van der Waals surface area contributed by atoms with Crippen molar-refractivity contribution in [3.05, 3.63) is 0 Å². The lowest BCUT2D eigenvalue weighted by molar-refractivity contribution is -0.130. The molecule has 0 aliphatic heterocycles. The van der Waals surface area contributed by atoms with Crippen LogP contribution in [0.15, 0.2) is 0 Å². The highest BCUT2D eigenvalue weighted by molar-refractivity contribution is 5.76. The quantitative estimate of drug-likeness (QED) is 0.664. The first kappa shape index (κ1) is 15.2. The molecule has 0 unspecified atom stereocenters. The van der Waals surface area contributed by atoms with Crippen molar-refractivity contribution in [1.29, 1.82) is 0 Å². The molecular weight excluding hydrogens is 216 g/mol. The summed E-state index contributed by atoms with van der Waals surface area (Å²) in [6, 6.07) is 0. The number of carbonyl (C=O) groups excluding carboxylic acids is 1. The third kappa shape index (κ3) is 7.53. The number of hydrogen-bond acceptors (Lipinski definition) is 3. The van der Waals surface area contributed by atoms with Crippen LogP contribution in [-0.4, -0.2) is 62.4 Å². The molecule has 0 aromatic heterocycles. The molecule has 4 nitrogen and oxygen atoms in total. The van der Waals surface area contributed by atoms with Crippen molar-refractivity contribution in [3.63, 3.8) is 0 Å². The summed E-state index contributed by atoms with van der Waals surface area (Å²) in [6.07, 6.45) is -1.32. The van der Waals surface area contributed by atoms with E-state index >= 15 is 0 Å². The van der Waals surface area contributed by atoms with E-state index in [1.165, 1.54) is 4.90 Å². The molecule has 0 bridgehead atoms. The highest BCUT2D eigenvalue weighted by atomic mass is 19.3. The van der Waals surface area contributed by atoms with Crippen molar-refractivity contribution in [2.24, 2.45) is 5.73 Å². The summed E-state index contributed by atoms with van der Waals surface area (Å²) in [5.74, 6) is -0.0328. The van der Waals surface area contributed by atoms with E-state index < -0.39 is 6.43 Å². The predicted molar refractivity (Wildman–Crippen MR) is 59.4 cm³/mol. The Kier molecular flexibility index (Phi) is 8.01. The Balaban J connectivity index is 3.70. The minimum absolute atomic E-state index is 0.0328. The van der Waals surface area contributed by atoms with Crippen molar-refractivity contribution in [1.82, 2.24) is 9.80 Å². The molecule has 0 spiro atoms. The fourth-order valence-corrected chi connectivity index (χ4v) is 1.26. The summed E-state index contributed by atoms with van der Waals surface area (Å²) in [5, 5.41) is 0. The van der Waals surface area contributed by atoms with Crippen LogP contribution in [0.3, 0.4) is 0 Å². The number of carbonyl (C=O) groups is 1. The van der Waals surface area contributed by atoms with Crippen LogP contribution in [0, 0.1) is 0 Å². The minimum atomic E-state index is -2.35. The van der Waals surface area contributed by atoms with Crippen LogP contribution in [0.2, 0.25) is 0 Å². The summed E-state index contributed by atoms with van der Waals surface area (Å²) >= 11 is 0. The molecule has 1 amide bonds. The SMILES string of the molecule is CN(CCC(=O)N(C)CCCN)CC(F)F. The number of alkyl halides is 2. The normalized spacial score (nSPS) is 11.2. The molecule has 0 radical (unpaired) electrons. The van der Waals surface area contributed by atoms with Crippen molar-refractivity contribution in [3.8, 4) is 0 Å². The van der Waals surface area contributed by atoms with Gasteiger partial charge in [-0.1, -0.05) is 0 Å². The number of hydrogen-bond donors (Lipinski definition) is 1. The van der Waals surface area contributed by atoms with E-state index in [1.54, 1.807) is 19.0 Å². The molecule has 0 rings (SSSR count). The van der Waals surface area contributed by atoms with Gasteiger partial charge in [0.2, 0.25) is 5.91 Å². The maximum Gasteiger partial charge on any atom is 0.251 e. The lowest BCUT2D eigenvalue weighted by Gasteiger charge is -2.19. The zero-order chi connectivity index (χ0) is 12.6. The zero-order valence-corrected chi connectivity index (χ0v) is 9.96. The van der Waals surface area contributed by atoms with Gasteiger partial charge in [-0.2, -0.15) is 0 Å². The molecule has 0 aliphatic carbocycles. The second kappa shape index (κ2) is 8.41. The van der Waals surface area contributed by atoms with E-state index in [9.17, 15) is 13.6 Å². The standard InChI is InChI=1S/C10H21F2N3O/c1-14(8-9(11)12)7-4-10(16)15(2)6-3-5-13/h9H,3-8,13H2,1-2H3. The second-order valence-corrected chi connectivity index (χ2v) is 3.86. The van der Waals surface area contributed by atoms with Gasteiger partial charge in [-0.15, -0.1) is 0 Å². The number of nitrogens with zero attached hydrogens (tertiary/aromatic N) is 2. The molecular formula is C10H21F2N3O. The van der Waals surface area contributed by atoms with Gasteiger partial charge < -0.3 is 15.5 Å². The molecule has 0 aromatic rings. The van der Waals surface area contributed by atoms with Crippen molar-refractivity contribution >= 4 is 5.91 Å².